The maximum absolute atomic E-state index is 13.6. The highest BCUT2D eigenvalue weighted by molar-refractivity contribution is 7.96. The van der Waals surface area contributed by atoms with E-state index in [0.717, 1.165) is 185 Å². The fourth-order valence-electron chi connectivity index (χ4n) is 32.9. The molecule has 24 rings (SSSR count). The lowest BCUT2D eigenvalue weighted by Crippen LogP contribution is -2.65. The predicted molar refractivity (Wildman–Crippen MR) is 457 cm³/mol. The number of methoxy groups -OCH3 is 3. The number of hydrogen-bond acceptors (Lipinski definition) is 36. The number of alkyl halides is 12. The lowest BCUT2D eigenvalue weighted by molar-refractivity contribution is -0.777. The van der Waals surface area contributed by atoms with Gasteiger partial charge in [0.15, 0.2) is 0 Å². The van der Waals surface area contributed by atoms with Crippen LogP contribution in [0.5, 0.6) is 0 Å². The van der Waals surface area contributed by atoms with E-state index < -0.39 is 71.2 Å². The monoisotopic (exact) mass is 2100 g/mol. The molecule has 24 bridgehead atoms. The van der Waals surface area contributed by atoms with Gasteiger partial charge in [-0.05, 0) is 355 Å². The topological polar surface area (TPSA) is 360 Å². The lowest BCUT2D eigenvalue weighted by atomic mass is 9.45. The summed E-state index contributed by atoms with van der Waals surface area (Å²) < 4.78 is 251. The zero-order chi connectivity index (χ0) is 98.9. The molecule has 0 spiro atoms. The van der Waals surface area contributed by atoms with Crippen LogP contribution >= 0.6 is 72.3 Å². The van der Waals surface area contributed by atoms with Crippen molar-refractivity contribution in [3.63, 3.8) is 0 Å². The van der Waals surface area contributed by atoms with Crippen molar-refractivity contribution in [3.05, 3.63) is 0 Å². The van der Waals surface area contributed by atoms with Crippen LogP contribution in [0.4, 0.5) is 52.7 Å². The summed E-state index contributed by atoms with van der Waals surface area (Å²) >= 11 is -1.89. The summed E-state index contributed by atoms with van der Waals surface area (Å²) in [5, 5.41) is 55.8. The molecule has 0 radical (unpaired) electrons. The fourth-order valence-corrected chi connectivity index (χ4v) is 34.5. The van der Waals surface area contributed by atoms with Crippen LogP contribution in [0, 0.1) is 109 Å². The standard InChI is InChI=1S/C16H26F2O6S.C16H26F2O5S.C15H24F2O5S.2C14H22F2O5S.C14H22F2O4S/c1-3-22-15-6-12-4-13(8-15,7-14(5-12,9-15)20-2)10-21-11-16(17,18)25-24-23-19;1-11(2)21-15-6-12-3-13(7-15)5-14(4-12,8-15)9-20-10-16(17,18)24-23-22-19;1-2-20-14-6-11-3-12(7-14)5-13(4-11,8-14)9-19-10-15(16,17)23-22-21-18;1-18-13-5-10-2-11(6-13)4-12(3-10,7-13)8-19-9-14(15,16)22-21-20-17;1-18-12-10-2-9-3-11(12)6-13(4-9,5-10)7-19-8-14(15,16)22-21-20-17;1-12-3-10-2-11(4-12)6-13(5-10,7-12)8-18-9-14(15,16)21-20-19-17/h12,19H,3-11H2,1-2H3;11-13,19H,3-10H2,1-2H3;11-12,18H,2-10H2,1H3;10-11,17H,2-9H2,1H3;9-12,17H,2-8H2,1H3;10-11,17H,2-9H2,1H3/p-6. The minimum Gasteiger partial charge on any atom is -0.691 e. The normalized spacial score (nSPS) is 39.9. The van der Waals surface area contributed by atoms with Crippen molar-refractivity contribution in [2.75, 3.05) is 114 Å². The van der Waals surface area contributed by atoms with Gasteiger partial charge in [0.2, 0.25) is 0 Å². The Bertz CT molecular complexity index is 3660. The van der Waals surface area contributed by atoms with E-state index in [9.17, 15) is 84.2 Å². The molecule has 14 atom stereocenters. The van der Waals surface area contributed by atoms with Crippen molar-refractivity contribution in [2.24, 2.45) is 109 Å². The van der Waals surface area contributed by atoms with E-state index in [1.54, 1.807) is 21.3 Å². The first-order valence-electron chi connectivity index (χ1n) is 47.8. The van der Waals surface area contributed by atoms with Crippen LogP contribution in [-0.4, -0.2) is 186 Å². The van der Waals surface area contributed by atoms with Crippen molar-refractivity contribution < 1.29 is 197 Å². The van der Waals surface area contributed by atoms with E-state index >= 15 is 0 Å². The van der Waals surface area contributed by atoms with Gasteiger partial charge in [0.25, 0.3) is 0 Å². The molecule has 0 aliphatic heterocycles. The first-order valence-corrected chi connectivity index (χ1v) is 52.3. The third kappa shape index (κ3) is 30.5. The van der Waals surface area contributed by atoms with Crippen molar-refractivity contribution in [1.29, 1.82) is 0 Å². The van der Waals surface area contributed by atoms with Gasteiger partial charge in [0, 0.05) is 41.0 Å². The molecule has 0 aromatic heterocycles. The van der Waals surface area contributed by atoms with Gasteiger partial charge in [-0.1, -0.05) is 6.92 Å². The van der Waals surface area contributed by atoms with Crippen molar-refractivity contribution in [1.82, 2.24) is 0 Å². The second-order valence-corrected chi connectivity index (χ2v) is 50.7. The quantitative estimate of drug-likeness (QED) is 0.0236. The van der Waals surface area contributed by atoms with Crippen LogP contribution in [-0.2, 0) is 113 Å². The van der Waals surface area contributed by atoms with Crippen LogP contribution in [0.2, 0.25) is 0 Å². The largest absolute Gasteiger partial charge is 0.691 e. The third-order valence-electron chi connectivity index (χ3n) is 33.0. The van der Waals surface area contributed by atoms with Crippen LogP contribution in [0.1, 0.15) is 259 Å². The molecule has 24 aliphatic rings. The molecule has 137 heavy (non-hydrogen) atoms. The first kappa shape index (κ1) is 114. The minimum absolute atomic E-state index is 0.0160. The third-order valence-corrected chi connectivity index (χ3v) is 35.9. The zero-order valence-electron chi connectivity index (χ0n) is 79.0. The molecule has 0 aromatic carbocycles. The number of hydrogen-bond donors (Lipinski definition) is 0. The summed E-state index contributed by atoms with van der Waals surface area (Å²) in [7, 11) is 5.26. The molecule has 24 saturated carbocycles. The summed E-state index contributed by atoms with van der Waals surface area (Å²) in [6.07, 6.45) is 37.7. The molecule has 0 aromatic rings. The maximum Gasteiger partial charge on any atom is 0.343 e. The molecule has 0 amide bonds. The molecule has 0 N–H and O–H groups in total. The fraction of sp³-hybridized carbons (Fsp3) is 1.00. The second kappa shape index (κ2) is 47.3. The molecule has 30 nitrogen and oxygen atoms in total. The maximum atomic E-state index is 13.6. The van der Waals surface area contributed by atoms with Crippen molar-refractivity contribution in [3.8, 4) is 0 Å². The Balaban J connectivity index is 0.000000139. The average Bonchev–Trinajstić information content (AvgIpc) is 0.703. The molecule has 0 heterocycles. The Morgan fingerprint density at radius 1 is 0.285 bits per heavy atom. The summed E-state index contributed by atoms with van der Waals surface area (Å²) in [5.41, 5.74) is -0.605. The smallest absolute Gasteiger partial charge is 0.343 e. The molecule has 24 fully saturated rings. The van der Waals surface area contributed by atoms with Crippen molar-refractivity contribution >= 4 is 72.3 Å². The molecule has 24 aliphatic carbocycles. The van der Waals surface area contributed by atoms with Gasteiger partial charge in [-0.3, -0.25) is 30.2 Å². The predicted octanol–water partition coefficient (Wildman–Crippen LogP) is 16.5. The van der Waals surface area contributed by atoms with Crippen LogP contribution in [0.25, 0.3) is 0 Å². The highest BCUT2D eigenvalue weighted by Gasteiger charge is 2.67. The van der Waals surface area contributed by atoms with Gasteiger partial charge < -0.3 is 88.4 Å². The van der Waals surface area contributed by atoms with Gasteiger partial charge >= 0.3 is 31.5 Å². The van der Waals surface area contributed by atoms with Gasteiger partial charge in [-0.2, -0.15) is 78.7 Å². The Morgan fingerprint density at radius 3 is 0.876 bits per heavy atom. The Hall–Kier alpha value is 0.0600. The summed E-state index contributed by atoms with van der Waals surface area (Å²) in [6.45, 7) is 8.85. The summed E-state index contributed by atoms with van der Waals surface area (Å²) in [4.78, 5) is 0. The van der Waals surface area contributed by atoms with E-state index in [4.69, 9.17) is 56.8 Å². The molecular weight excluding hydrogens is 1970 g/mol. The number of ether oxygens (including phenoxy) is 12. The average molecular weight is 2110 g/mol. The first-order chi connectivity index (χ1) is 64.7. The van der Waals surface area contributed by atoms with E-state index in [0.29, 0.717) is 117 Å². The molecule has 14 unspecified atom stereocenters. The Kier molecular flexibility index (Phi) is 39.4. The Labute approximate surface area is 818 Å². The van der Waals surface area contributed by atoms with Gasteiger partial charge in [0.1, 0.15) is 112 Å². The van der Waals surface area contributed by atoms with Crippen LogP contribution in [0.15, 0.2) is 0 Å². The summed E-state index contributed by atoms with van der Waals surface area (Å²) in [6, 6.07) is 0. The van der Waals surface area contributed by atoms with E-state index in [-0.39, 0.29) is 145 Å². The molecular formula is C89H136F12O30S6-6. The molecule has 48 heteroatoms. The van der Waals surface area contributed by atoms with Gasteiger partial charge in [-0.25, -0.2) is 0 Å². The number of rotatable bonds is 51. The number of halogens is 12. The summed E-state index contributed by atoms with van der Waals surface area (Å²) in [5.74, 6) is 7.42. The van der Waals surface area contributed by atoms with E-state index in [2.05, 4.69) is 77.0 Å². The van der Waals surface area contributed by atoms with Crippen LogP contribution in [0.3, 0.4) is 0 Å². The van der Waals surface area contributed by atoms with Crippen LogP contribution < -0.4 is 31.5 Å². The second-order valence-electron chi connectivity index (χ2n) is 45.3. The van der Waals surface area contributed by atoms with E-state index in [1.165, 1.54) is 51.4 Å². The minimum atomic E-state index is -3.34. The lowest BCUT2D eigenvalue weighted by Gasteiger charge is -2.65. The van der Waals surface area contributed by atoms with Crippen molar-refractivity contribution in [2.45, 2.75) is 331 Å². The SMILES string of the molecule is CC(C)OC12CC3CC(CC(COCC(F)(F)SOO[O-])(C3)C1)C2.CC12CC3CC(C1)CC(COCC(F)(F)SOO[O-])(C3)C2.CCOC12CC3CC(CC(COCC(F)(F)SOO[O-])(C3)C1)C2.CCOC12CC3CC(COCC(F)(F)SOO[O-])(CC(OC)(C3)C1)C2.COC12CC3CC(CC(COCC(F)(F)SOO[O-])(C3)C1)C2.COC1C2CC3CC1CC(COCC(F)(F)SOO[O-])(C3)C2. The highest BCUT2D eigenvalue weighted by Crippen LogP contribution is 2.71. The van der Waals surface area contributed by atoms with Gasteiger partial charge in [-0.15, -0.1) is 0 Å². The van der Waals surface area contributed by atoms with Gasteiger partial charge in [0.05, 0.1) is 79.9 Å². The van der Waals surface area contributed by atoms with E-state index in [1.807, 2.05) is 13.8 Å². The molecule has 0 saturated heterocycles. The highest BCUT2D eigenvalue weighted by atomic mass is 32.2. The Morgan fingerprint density at radius 2 is 0.547 bits per heavy atom. The molecule has 798 valence electrons. The zero-order valence-corrected chi connectivity index (χ0v) is 83.9.